The molecule has 2 amide bonds. The molecule has 1 aliphatic heterocycles. The van der Waals surface area contributed by atoms with Gasteiger partial charge in [-0.1, -0.05) is 0 Å². The Bertz CT molecular complexity index is 533. The Morgan fingerprint density at radius 3 is 2.25 bits per heavy atom. The van der Waals surface area contributed by atoms with E-state index in [2.05, 4.69) is 9.47 Å². The Labute approximate surface area is 138 Å². The number of rotatable bonds is 7. The first-order chi connectivity index (χ1) is 11.3. The number of carbonyl (C=O) groups is 5. The maximum Gasteiger partial charge on any atom is 0.325 e. The average molecular weight is 344 g/mol. The van der Waals surface area contributed by atoms with Gasteiger partial charge in [-0.05, 0) is 0 Å². The molecule has 0 bridgehead atoms. The van der Waals surface area contributed by atoms with E-state index in [0.717, 1.165) is 12.0 Å². The van der Waals surface area contributed by atoms with E-state index in [4.69, 9.17) is 5.11 Å². The monoisotopic (exact) mass is 344 g/mol. The van der Waals surface area contributed by atoms with Crippen molar-refractivity contribution >= 4 is 29.7 Å². The van der Waals surface area contributed by atoms with Crippen LogP contribution in [0.2, 0.25) is 0 Å². The van der Waals surface area contributed by atoms with Gasteiger partial charge >= 0.3 is 17.9 Å². The summed E-state index contributed by atoms with van der Waals surface area (Å²) in [5, 5.41) is 8.66. The number of nitrogens with zero attached hydrogens (tertiary/aromatic N) is 2. The summed E-state index contributed by atoms with van der Waals surface area (Å²) in [5.74, 6) is -3.57. The zero-order valence-electron chi connectivity index (χ0n) is 13.5. The lowest BCUT2D eigenvalue weighted by Crippen LogP contribution is -2.60. The van der Waals surface area contributed by atoms with Gasteiger partial charge < -0.3 is 24.4 Å². The first kappa shape index (κ1) is 19.4. The fraction of sp³-hybridized carbons (Fsp3) is 0.643. The maximum absolute atomic E-state index is 12.5. The molecular formula is C14H20N2O8. The van der Waals surface area contributed by atoms with Crippen molar-refractivity contribution in [3.63, 3.8) is 0 Å². The molecule has 24 heavy (non-hydrogen) atoms. The topological polar surface area (TPSA) is 131 Å². The summed E-state index contributed by atoms with van der Waals surface area (Å²) in [4.78, 5) is 60.5. The Balaban J connectivity index is 2.89. The molecule has 1 rings (SSSR count). The molecule has 0 saturated carbocycles. The predicted molar refractivity (Wildman–Crippen MR) is 77.6 cm³/mol. The highest BCUT2D eigenvalue weighted by Gasteiger charge is 2.39. The van der Waals surface area contributed by atoms with Crippen LogP contribution in [0.4, 0.5) is 0 Å². The molecule has 1 unspecified atom stereocenters. The van der Waals surface area contributed by atoms with Gasteiger partial charge in [0.05, 0.1) is 27.1 Å². The molecule has 0 radical (unpaired) electrons. The number of esters is 2. The van der Waals surface area contributed by atoms with Gasteiger partial charge in [0.2, 0.25) is 11.8 Å². The Kier molecular flexibility index (Phi) is 7.15. The molecule has 0 aromatic rings. The van der Waals surface area contributed by atoms with Crippen LogP contribution in [-0.2, 0) is 33.4 Å². The van der Waals surface area contributed by atoms with Crippen molar-refractivity contribution in [3.8, 4) is 0 Å². The van der Waals surface area contributed by atoms with Gasteiger partial charge in [0.15, 0.2) is 0 Å². The molecule has 1 saturated heterocycles. The normalized spacial score (nSPS) is 17.4. The molecule has 1 atom stereocenters. The highest BCUT2D eigenvalue weighted by molar-refractivity contribution is 5.94. The summed E-state index contributed by atoms with van der Waals surface area (Å²) in [7, 11) is 2.34. The number of carboxylic acid groups (broad SMARTS) is 1. The summed E-state index contributed by atoms with van der Waals surface area (Å²) in [6, 6.07) is -1.13. The van der Waals surface area contributed by atoms with E-state index in [1.54, 1.807) is 0 Å². The summed E-state index contributed by atoms with van der Waals surface area (Å²) in [6.45, 7) is -0.114. The van der Waals surface area contributed by atoms with Crippen molar-refractivity contribution in [2.24, 2.45) is 0 Å². The van der Waals surface area contributed by atoms with E-state index in [1.807, 2.05) is 0 Å². The first-order valence-electron chi connectivity index (χ1n) is 7.23. The number of carbonyl (C=O) groups excluding carboxylic acids is 4. The molecule has 1 aliphatic rings. The van der Waals surface area contributed by atoms with E-state index >= 15 is 0 Å². The second kappa shape index (κ2) is 8.85. The molecule has 0 aliphatic carbocycles. The van der Waals surface area contributed by atoms with Crippen molar-refractivity contribution in [3.05, 3.63) is 0 Å². The SMILES string of the molecule is COC(=O)CC1C(=O)N(CC(=O)OC)CCN1C(=O)CCC(=O)O. The van der Waals surface area contributed by atoms with Gasteiger partial charge in [0, 0.05) is 19.5 Å². The van der Waals surface area contributed by atoms with E-state index in [9.17, 15) is 24.0 Å². The fourth-order valence-electron chi connectivity index (χ4n) is 2.31. The lowest BCUT2D eigenvalue weighted by Gasteiger charge is -2.39. The summed E-state index contributed by atoms with van der Waals surface area (Å²) in [6.07, 6.45) is -1.02. The fourth-order valence-corrected chi connectivity index (χ4v) is 2.31. The van der Waals surface area contributed by atoms with Crippen LogP contribution in [0.1, 0.15) is 19.3 Å². The van der Waals surface area contributed by atoms with E-state index < -0.39 is 35.8 Å². The van der Waals surface area contributed by atoms with Crippen LogP contribution in [0.15, 0.2) is 0 Å². The van der Waals surface area contributed by atoms with Crippen LogP contribution in [0.5, 0.6) is 0 Å². The third-order valence-corrected chi connectivity index (χ3v) is 3.59. The van der Waals surface area contributed by atoms with Gasteiger partial charge in [0.1, 0.15) is 12.6 Å². The van der Waals surface area contributed by atoms with Crippen LogP contribution < -0.4 is 0 Å². The number of methoxy groups -OCH3 is 2. The van der Waals surface area contributed by atoms with Gasteiger partial charge in [0.25, 0.3) is 0 Å². The number of ether oxygens (including phenoxy) is 2. The number of hydrogen-bond donors (Lipinski definition) is 1. The largest absolute Gasteiger partial charge is 0.481 e. The van der Waals surface area contributed by atoms with Crippen molar-refractivity contribution in [1.82, 2.24) is 9.80 Å². The van der Waals surface area contributed by atoms with Crippen LogP contribution >= 0.6 is 0 Å². The van der Waals surface area contributed by atoms with E-state index in [-0.39, 0.29) is 38.9 Å². The highest BCUT2D eigenvalue weighted by Crippen LogP contribution is 2.17. The molecule has 0 aromatic heterocycles. The summed E-state index contributed by atoms with van der Waals surface area (Å²) in [5.41, 5.74) is 0. The summed E-state index contributed by atoms with van der Waals surface area (Å²) < 4.78 is 9.04. The van der Waals surface area contributed by atoms with Gasteiger partial charge in [-0.3, -0.25) is 24.0 Å². The molecule has 10 heteroatoms. The zero-order chi connectivity index (χ0) is 18.3. The standard InChI is InChI=1S/C14H20N2O8/c1-23-12(20)7-9-14(22)15(8-13(21)24-2)5-6-16(9)10(17)3-4-11(18)19/h9H,3-8H2,1-2H3,(H,18,19). The minimum atomic E-state index is -1.14. The number of aliphatic carboxylic acids is 1. The molecule has 1 fully saturated rings. The maximum atomic E-state index is 12.5. The Morgan fingerprint density at radius 2 is 1.71 bits per heavy atom. The molecule has 0 aromatic carbocycles. The van der Waals surface area contributed by atoms with Crippen LogP contribution in [0.25, 0.3) is 0 Å². The van der Waals surface area contributed by atoms with E-state index in [1.165, 1.54) is 12.0 Å². The van der Waals surface area contributed by atoms with Crippen molar-refractivity contribution < 1.29 is 38.6 Å². The molecule has 1 heterocycles. The average Bonchev–Trinajstić information content (AvgIpc) is 2.55. The van der Waals surface area contributed by atoms with E-state index in [0.29, 0.717) is 0 Å². The Morgan fingerprint density at radius 1 is 1.08 bits per heavy atom. The third-order valence-electron chi connectivity index (χ3n) is 3.59. The second-order valence-electron chi connectivity index (χ2n) is 5.11. The molecule has 10 nitrogen and oxygen atoms in total. The number of hydrogen-bond acceptors (Lipinski definition) is 7. The quantitative estimate of drug-likeness (QED) is 0.560. The minimum absolute atomic E-state index is 0.0862. The number of piperazine rings is 1. The molecule has 134 valence electrons. The molecular weight excluding hydrogens is 324 g/mol. The first-order valence-corrected chi connectivity index (χ1v) is 7.23. The molecule has 1 N–H and O–H groups in total. The van der Waals surface area contributed by atoms with Crippen molar-refractivity contribution in [2.45, 2.75) is 25.3 Å². The second-order valence-corrected chi connectivity index (χ2v) is 5.11. The van der Waals surface area contributed by atoms with Crippen LogP contribution in [-0.4, -0.2) is 84.5 Å². The summed E-state index contributed by atoms with van der Waals surface area (Å²) >= 11 is 0. The Hall–Kier alpha value is -2.65. The zero-order valence-corrected chi connectivity index (χ0v) is 13.5. The highest BCUT2D eigenvalue weighted by atomic mass is 16.5. The van der Waals surface area contributed by atoms with Crippen molar-refractivity contribution in [2.75, 3.05) is 33.9 Å². The third kappa shape index (κ3) is 5.21. The van der Waals surface area contributed by atoms with Crippen LogP contribution in [0.3, 0.4) is 0 Å². The smallest absolute Gasteiger partial charge is 0.325 e. The van der Waals surface area contributed by atoms with Crippen molar-refractivity contribution in [1.29, 1.82) is 0 Å². The predicted octanol–water partition coefficient (Wildman–Crippen LogP) is -1.37. The number of amides is 2. The van der Waals surface area contributed by atoms with Gasteiger partial charge in [-0.25, -0.2) is 0 Å². The lowest BCUT2D eigenvalue weighted by molar-refractivity contribution is -0.159. The van der Waals surface area contributed by atoms with Crippen LogP contribution in [0, 0.1) is 0 Å². The minimum Gasteiger partial charge on any atom is -0.481 e. The molecule has 0 spiro atoms. The lowest BCUT2D eigenvalue weighted by atomic mass is 10.1. The van der Waals surface area contributed by atoms with Gasteiger partial charge in [-0.2, -0.15) is 0 Å². The number of carboxylic acids is 1. The van der Waals surface area contributed by atoms with Gasteiger partial charge in [-0.15, -0.1) is 0 Å².